The number of hydrogen-bond donors (Lipinski definition) is 1. The van der Waals surface area contributed by atoms with Crippen molar-refractivity contribution in [1.82, 2.24) is 5.32 Å². The van der Waals surface area contributed by atoms with E-state index >= 15 is 0 Å². The molecule has 1 aliphatic rings. The predicted molar refractivity (Wildman–Crippen MR) is 106 cm³/mol. The molecule has 0 unspecified atom stereocenters. The zero-order valence-electron chi connectivity index (χ0n) is 14.8. The van der Waals surface area contributed by atoms with Gasteiger partial charge in [0.1, 0.15) is 12.4 Å². The Morgan fingerprint density at radius 2 is 2.11 bits per heavy atom. The lowest BCUT2D eigenvalue weighted by molar-refractivity contribution is -0.385. The molecule has 0 aliphatic carbocycles. The number of amidine groups is 1. The highest BCUT2D eigenvalue weighted by molar-refractivity contribution is 8.15. The van der Waals surface area contributed by atoms with Gasteiger partial charge in [-0.3, -0.25) is 14.9 Å². The van der Waals surface area contributed by atoms with Gasteiger partial charge in [-0.1, -0.05) is 23.9 Å². The molecule has 2 aromatic rings. The SMILES string of the molecule is COc1ccc(C=NN=C2NC(=O)CS2)cc1COc1ccccc1[N+](=O)[O-]. The van der Waals surface area contributed by atoms with Gasteiger partial charge in [0.2, 0.25) is 5.91 Å². The second-order valence-electron chi connectivity index (χ2n) is 5.57. The van der Waals surface area contributed by atoms with Crippen LogP contribution in [0.4, 0.5) is 5.69 Å². The fraction of sp³-hybridized carbons (Fsp3) is 0.167. The van der Waals surface area contributed by atoms with Crippen molar-refractivity contribution >= 4 is 34.7 Å². The third-order valence-corrected chi connectivity index (χ3v) is 4.55. The van der Waals surface area contributed by atoms with Crippen LogP contribution in [0.15, 0.2) is 52.7 Å². The van der Waals surface area contributed by atoms with Crippen LogP contribution in [-0.2, 0) is 11.4 Å². The van der Waals surface area contributed by atoms with Crippen LogP contribution in [0.2, 0.25) is 0 Å². The number of nitrogens with one attached hydrogen (secondary N) is 1. The van der Waals surface area contributed by atoms with Crippen LogP contribution in [0.5, 0.6) is 11.5 Å². The molecule has 1 heterocycles. The van der Waals surface area contributed by atoms with Crippen molar-refractivity contribution < 1.29 is 19.2 Å². The summed E-state index contributed by atoms with van der Waals surface area (Å²) < 4.78 is 11.0. The number of nitrogens with zero attached hydrogens (tertiary/aromatic N) is 3. The number of benzene rings is 2. The minimum Gasteiger partial charge on any atom is -0.496 e. The van der Waals surface area contributed by atoms with Crippen LogP contribution in [0.3, 0.4) is 0 Å². The monoisotopic (exact) mass is 400 g/mol. The second kappa shape index (κ2) is 9.00. The van der Waals surface area contributed by atoms with E-state index in [1.807, 2.05) is 0 Å². The fourth-order valence-electron chi connectivity index (χ4n) is 2.40. The molecule has 1 aliphatic heterocycles. The van der Waals surface area contributed by atoms with Crippen molar-refractivity contribution in [3.8, 4) is 11.5 Å². The zero-order valence-corrected chi connectivity index (χ0v) is 15.6. The molecule has 0 bridgehead atoms. The van der Waals surface area contributed by atoms with E-state index in [9.17, 15) is 14.9 Å². The highest BCUT2D eigenvalue weighted by atomic mass is 32.2. The summed E-state index contributed by atoms with van der Waals surface area (Å²) in [5.74, 6) is 0.997. The average molecular weight is 400 g/mol. The molecular formula is C18H16N4O5S. The van der Waals surface area contributed by atoms with Crippen molar-refractivity contribution in [3.63, 3.8) is 0 Å². The first-order valence-electron chi connectivity index (χ1n) is 8.13. The summed E-state index contributed by atoms with van der Waals surface area (Å²) in [6.45, 7) is 0.0795. The summed E-state index contributed by atoms with van der Waals surface area (Å²) in [5, 5.41) is 22.1. The van der Waals surface area contributed by atoms with Crippen LogP contribution in [-0.4, -0.2) is 35.1 Å². The third-order valence-electron chi connectivity index (χ3n) is 3.69. The maximum Gasteiger partial charge on any atom is 0.310 e. The molecule has 0 atom stereocenters. The predicted octanol–water partition coefficient (Wildman–Crippen LogP) is 2.74. The lowest BCUT2D eigenvalue weighted by Gasteiger charge is -2.11. The molecular weight excluding hydrogens is 384 g/mol. The zero-order chi connectivity index (χ0) is 19.9. The third kappa shape index (κ3) is 4.86. The number of nitro groups is 1. The first-order valence-corrected chi connectivity index (χ1v) is 9.12. The van der Waals surface area contributed by atoms with E-state index in [1.54, 1.807) is 36.4 Å². The lowest BCUT2D eigenvalue weighted by Crippen LogP contribution is -2.19. The number of rotatable bonds is 7. The van der Waals surface area contributed by atoms with Crippen LogP contribution in [0.25, 0.3) is 0 Å². The Morgan fingerprint density at radius 1 is 1.29 bits per heavy atom. The second-order valence-corrected chi connectivity index (χ2v) is 6.54. The smallest absolute Gasteiger partial charge is 0.310 e. The minimum atomic E-state index is -0.491. The topological polar surface area (TPSA) is 115 Å². The maximum absolute atomic E-state index is 11.1. The van der Waals surface area contributed by atoms with Gasteiger partial charge < -0.3 is 14.8 Å². The molecule has 144 valence electrons. The molecule has 2 aromatic carbocycles. The summed E-state index contributed by atoms with van der Waals surface area (Å²) in [6.07, 6.45) is 1.53. The van der Waals surface area contributed by atoms with Crippen LogP contribution in [0.1, 0.15) is 11.1 Å². The van der Waals surface area contributed by atoms with E-state index in [0.29, 0.717) is 22.2 Å². The number of hydrogen-bond acceptors (Lipinski definition) is 8. The lowest BCUT2D eigenvalue weighted by atomic mass is 10.1. The molecule has 1 fully saturated rings. The molecule has 0 aromatic heterocycles. The standard InChI is InChI=1S/C18H16N4O5S/c1-26-15-7-6-12(9-19-21-18-20-17(23)11-28-18)8-13(15)10-27-16-5-3-2-4-14(16)22(24)25/h2-9H,10-11H2,1H3,(H,20,21,23). The Morgan fingerprint density at radius 3 is 2.82 bits per heavy atom. The number of amides is 1. The van der Waals surface area contributed by atoms with E-state index in [-0.39, 0.29) is 24.0 Å². The summed E-state index contributed by atoms with van der Waals surface area (Å²) in [5.41, 5.74) is 1.33. The normalized spacial score (nSPS) is 15.0. The molecule has 10 heteroatoms. The van der Waals surface area contributed by atoms with Crippen molar-refractivity contribution in [2.24, 2.45) is 10.2 Å². The van der Waals surface area contributed by atoms with Gasteiger partial charge in [-0.05, 0) is 29.8 Å². The molecule has 1 amide bonds. The Balaban J connectivity index is 1.74. The maximum atomic E-state index is 11.1. The van der Waals surface area contributed by atoms with Crippen LogP contribution in [0, 0.1) is 10.1 Å². The highest BCUT2D eigenvalue weighted by Gasteiger charge is 2.16. The Kier molecular flexibility index (Phi) is 6.22. The molecule has 0 spiro atoms. The Labute approximate surface area is 164 Å². The highest BCUT2D eigenvalue weighted by Crippen LogP contribution is 2.28. The van der Waals surface area contributed by atoms with E-state index < -0.39 is 4.92 Å². The van der Waals surface area contributed by atoms with Gasteiger partial charge in [0.25, 0.3) is 0 Å². The summed E-state index contributed by atoms with van der Waals surface area (Å²) in [6, 6.07) is 11.5. The number of para-hydroxylation sites is 2. The number of methoxy groups -OCH3 is 1. The van der Waals surface area contributed by atoms with Crippen molar-refractivity contribution in [2.75, 3.05) is 12.9 Å². The molecule has 1 saturated heterocycles. The number of thioether (sulfide) groups is 1. The molecule has 9 nitrogen and oxygen atoms in total. The first kappa shape index (κ1) is 19.4. The van der Waals surface area contributed by atoms with Gasteiger partial charge >= 0.3 is 5.69 Å². The molecule has 1 N–H and O–H groups in total. The van der Waals surface area contributed by atoms with E-state index in [1.165, 1.54) is 31.2 Å². The van der Waals surface area contributed by atoms with Gasteiger partial charge in [-0.2, -0.15) is 5.10 Å². The Hall–Kier alpha value is -3.40. The fourth-order valence-corrected chi connectivity index (χ4v) is 3.04. The van der Waals surface area contributed by atoms with Crippen LogP contribution >= 0.6 is 11.8 Å². The Bertz CT molecular complexity index is 961. The number of carbonyl (C=O) groups is 1. The van der Waals surface area contributed by atoms with Crippen LogP contribution < -0.4 is 14.8 Å². The van der Waals surface area contributed by atoms with Crippen molar-refractivity contribution in [2.45, 2.75) is 6.61 Å². The quantitative estimate of drug-likeness (QED) is 0.434. The van der Waals surface area contributed by atoms with Gasteiger partial charge in [0.15, 0.2) is 10.9 Å². The average Bonchev–Trinajstić information content (AvgIpc) is 3.11. The van der Waals surface area contributed by atoms with E-state index in [4.69, 9.17) is 9.47 Å². The largest absolute Gasteiger partial charge is 0.496 e. The summed E-state index contributed by atoms with van der Waals surface area (Å²) in [7, 11) is 1.53. The van der Waals surface area contributed by atoms with Gasteiger partial charge in [0, 0.05) is 11.6 Å². The van der Waals surface area contributed by atoms with Gasteiger partial charge in [-0.15, -0.1) is 5.10 Å². The number of nitro benzene ring substituents is 1. The molecule has 0 saturated carbocycles. The number of carbonyl (C=O) groups excluding carboxylic acids is 1. The first-order chi connectivity index (χ1) is 13.6. The van der Waals surface area contributed by atoms with E-state index in [0.717, 1.165) is 5.56 Å². The van der Waals surface area contributed by atoms with E-state index in [2.05, 4.69) is 15.5 Å². The summed E-state index contributed by atoms with van der Waals surface area (Å²) in [4.78, 5) is 21.7. The summed E-state index contributed by atoms with van der Waals surface area (Å²) >= 11 is 1.28. The molecule has 3 rings (SSSR count). The minimum absolute atomic E-state index is 0.0795. The number of ether oxygens (including phenoxy) is 2. The molecule has 0 radical (unpaired) electrons. The van der Waals surface area contributed by atoms with Gasteiger partial charge in [-0.25, -0.2) is 0 Å². The van der Waals surface area contributed by atoms with Crippen molar-refractivity contribution in [1.29, 1.82) is 0 Å². The molecule has 28 heavy (non-hydrogen) atoms. The van der Waals surface area contributed by atoms with Crippen molar-refractivity contribution in [3.05, 3.63) is 63.7 Å². The van der Waals surface area contributed by atoms with Gasteiger partial charge in [0.05, 0.1) is 24.0 Å².